The molecule has 1 atom stereocenters. The van der Waals surface area contributed by atoms with E-state index in [2.05, 4.69) is 5.32 Å². The highest BCUT2D eigenvalue weighted by molar-refractivity contribution is 7.92. The van der Waals surface area contributed by atoms with Crippen LogP contribution in [0.2, 0.25) is 0 Å². The van der Waals surface area contributed by atoms with Gasteiger partial charge in [0.25, 0.3) is 0 Å². The molecule has 1 N–H and O–H groups in total. The van der Waals surface area contributed by atoms with Gasteiger partial charge in [-0.15, -0.1) is 0 Å². The first-order chi connectivity index (χ1) is 7.72. The molecular formula is C12H23NO3S. The monoisotopic (exact) mass is 261 g/mol. The molecule has 1 saturated heterocycles. The van der Waals surface area contributed by atoms with Crippen LogP contribution in [0.5, 0.6) is 0 Å². The van der Waals surface area contributed by atoms with Crippen LogP contribution in [0.3, 0.4) is 0 Å². The topological polar surface area (TPSA) is 63.2 Å². The van der Waals surface area contributed by atoms with Gasteiger partial charge in [0.05, 0.1) is 10.5 Å². The number of hydrogen-bond donors (Lipinski definition) is 1. The smallest absolute Gasteiger partial charge is 0.155 e. The number of sulfone groups is 1. The predicted octanol–water partition coefficient (Wildman–Crippen LogP) is 1.16. The van der Waals surface area contributed by atoms with Gasteiger partial charge in [-0.3, -0.25) is 4.79 Å². The maximum atomic E-state index is 11.8. The van der Waals surface area contributed by atoms with Crippen molar-refractivity contribution in [3.63, 3.8) is 0 Å². The number of carbonyl (C=O) groups excluding carboxylic acids is 1. The number of rotatable bonds is 5. The molecule has 0 aromatic carbocycles. The summed E-state index contributed by atoms with van der Waals surface area (Å²) in [6.07, 6.45) is 1.71. The molecule has 17 heavy (non-hydrogen) atoms. The van der Waals surface area contributed by atoms with E-state index in [0.717, 1.165) is 19.5 Å². The van der Waals surface area contributed by atoms with Crippen LogP contribution in [0.4, 0.5) is 0 Å². The highest BCUT2D eigenvalue weighted by atomic mass is 32.2. The van der Waals surface area contributed by atoms with Crippen molar-refractivity contribution in [3.8, 4) is 0 Å². The van der Waals surface area contributed by atoms with Crippen molar-refractivity contribution in [1.82, 2.24) is 5.32 Å². The molecule has 0 aromatic heterocycles. The normalized spacial score (nSPS) is 21.7. The van der Waals surface area contributed by atoms with Crippen molar-refractivity contribution in [3.05, 3.63) is 0 Å². The highest BCUT2D eigenvalue weighted by Crippen LogP contribution is 2.18. The Morgan fingerprint density at radius 1 is 1.35 bits per heavy atom. The van der Waals surface area contributed by atoms with Crippen LogP contribution in [-0.2, 0) is 14.6 Å². The Hall–Kier alpha value is -0.420. The zero-order valence-corrected chi connectivity index (χ0v) is 11.8. The second-order valence-corrected chi connectivity index (χ2v) is 8.65. The van der Waals surface area contributed by atoms with Crippen LogP contribution in [0, 0.1) is 5.92 Å². The Balaban J connectivity index is 2.38. The molecule has 4 nitrogen and oxygen atoms in total. The summed E-state index contributed by atoms with van der Waals surface area (Å²) in [7, 11) is -3.16. The van der Waals surface area contributed by atoms with E-state index in [-0.39, 0.29) is 18.0 Å². The van der Waals surface area contributed by atoms with Crippen molar-refractivity contribution < 1.29 is 13.2 Å². The van der Waals surface area contributed by atoms with Crippen molar-refractivity contribution in [1.29, 1.82) is 0 Å². The lowest BCUT2D eigenvalue weighted by atomic mass is 10.0. The van der Waals surface area contributed by atoms with Gasteiger partial charge in [0.2, 0.25) is 0 Å². The van der Waals surface area contributed by atoms with E-state index in [0.29, 0.717) is 12.3 Å². The predicted molar refractivity (Wildman–Crippen MR) is 68.8 cm³/mol. The zero-order valence-electron chi connectivity index (χ0n) is 11.0. The second-order valence-electron chi connectivity index (χ2n) is 5.78. The van der Waals surface area contributed by atoms with Crippen LogP contribution in [0.15, 0.2) is 0 Å². The standard InChI is InChI=1S/C12H23NO3S/c1-12(2,3)17(15,16)7-5-11(14)8-10-4-6-13-9-10/h10,13H,4-9H2,1-3H3. The third-order valence-corrected chi connectivity index (χ3v) is 5.87. The summed E-state index contributed by atoms with van der Waals surface area (Å²) in [5.74, 6) is 0.460. The summed E-state index contributed by atoms with van der Waals surface area (Å²) >= 11 is 0. The van der Waals surface area contributed by atoms with E-state index >= 15 is 0 Å². The van der Waals surface area contributed by atoms with E-state index in [4.69, 9.17) is 0 Å². The fourth-order valence-electron chi connectivity index (χ4n) is 1.87. The van der Waals surface area contributed by atoms with Crippen molar-refractivity contribution in [2.75, 3.05) is 18.8 Å². The Morgan fingerprint density at radius 3 is 2.47 bits per heavy atom. The Kier molecular flexibility index (Phi) is 4.72. The molecule has 5 heteroatoms. The molecule has 0 aliphatic carbocycles. The Morgan fingerprint density at radius 2 is 2.00 bits per heavy atom. The van der Waals surface area contributed by atoms with E-state index < -0.39 is 14.6 Å². The first-order valence-electron chi connectivity index (χ1n) is 6.17. The summed E-state index contributed by atoms with van der Waals surface area (Å²) in [6.45, 7) is 6.88. The summed E-state index contributed by atoms with van der Waals surface area (Å²) < 4.78 is 22.9. The molecule has 0 bridgehead atoms. The fraction of sp³-hybridized carbons (Fsp3) is 0.917. The van der Waals surface area contributed by atoms with Gasteiger partial charge in [-0.2, -0.15) is 0 Å². The van der Waals surface area contributed by atoms with E-state index in [1.54, 1.807) is 20.8 Å². The fourth-order valence-corrected chi connectivity index (χ4v) is 2.98. The van der Waals surface area contributed by atoms with E-state index in [9.17, 15) is 13.2 Å². The molecule has 1 unspecified atom stereocenters. The molecule has 0 amide bonds. The van der Waals surface area contributed by atoms with Crippen LogP contribution in [0.1, 0.15) is 40.0 Å². The first-order valence-corrected chi connectivity index (χ1v) is 7.82. The molecule has 1 aliphatic heterocycles. The number of hydrogen-bond acceptors (Lipinski definition) is 4. The summed E-state index contributed by atoms with van der Waals surface area (Å²) in [6, 6.07) is 0. The van der Waals surface area contributed by atoms with Crippen molar-refractivity contribution in [2.45, 2.75) is 44.8 Å². The van der Waals surface area contributed by atoms with Gasteiger partial charge in [-0.05, 0) is 46.2 Å². The molecule has 0 saturated carbocycles. The second kappa shape index (κ2) is 5.48. The lowest BCUT2D eigenvalue weighted by Gasteiger charge is -2.18. The minimum Gasteiger partial charge on any atom is -0.316 e. The van der Waals surface area contributed by atoms with Crippen LogP contribution < -0.4 is 5.32 Å². The largest absolute Gasteiger partial charge is 0.316 e. The minimum absolute atomic E-state index is 0.0184. The van der Waals surface area contributed by atoms with Crippen LogP contribution in [0.25, 0.3) is 0 Å². The van der Waals surface area contributed by atoms with Gasteiger partial charge in [-0.1, -0.05) is 0 Å². The van der Waals surface area contributed by atoms with Gasteiger partial charge in [0.1, 0.15) is 5.78 Å². The number of ketones is 1. The van der Waals surface area contributed by atoms with Gasteiger partial charge in [0, 0.05) is 12.8 Å². The minimum atomic E-state index is -3.16. The zero-order chi connectivity index (χ0) is 13.1. The SMILES string of the molecule is CC(C)(C)S(=O)(=O)CCC(=O)CC1CCNC1. The average molecular weight is 261 g/mol. The van der Waals surface area contributed by atoms with E-state index in [1.807, 2.05) is 0 Å². The average Bonchev–Trinajstić information content (AvgIpc) is 2.66. The lowest BCUT2D eigenvalue weighted by molar-refractivity contribution is -0.119. The van der Waals surface area contributed by atoms with E-state index in [1.165, 1.54) is 0 Å². The maximum Gasteiger partial charge on any atom is 0.155 e. The molecule has 0 radical (unpaired) electrons. The van der Waals surface area contributed by atoms with Crippen molar-refractivity contribution >= 4 is 15.6 Å². The van der Waals surface area contributed by atoms with Gasteiger partial charge < -0.3 is 5.32 Å². The third kappa shape index (κ3) is 4.39. The van der Waals surface area contributed by atoms with Crippen molar-refractivity contribution in [2.24, 2.45) is 5.92 Å². The number of Topliss-reactive ketones (excluding diaryl/α,β-unsaturated/α-hetero) is 1. The first kappa shape index (κ1) is 14.6. The summed E-state index contributed by atoms with van der Waals surface area (Å²) in [4.78, 5) is 11.7. The van der Waals surface area contributed by atoms with Gasteiger partial charge in [0.15, 0.2) is 9.84 Å². The number of nitrogens with one attached hydrogen (secondary N) is 1. The van der Waals surface area contributed by atoms with Gasteiger partial charge >= 0.3 is 0 Å². The third-order valence-electron chi connectivity index (χ3n) is 3.26. The molecular weight excluding hydrogens is 238 g/mol. The number of carbonyl (C=O) groups is 1. The van der Waals surface area contributed by atoms with Crippen LogP contribution >= 0.6 is 0 Å². The molecule has 1 rings (SSSR count). The van der Waals surface area contributed by atoms with Crippen LogP contribution in [-0.4, -0.2) is 37.8 Å². The van der Waals surface area contributed by atoms with Gasteiger partial charge in [-0.25, -0.2) is 8.42 Å². The molecule has 0 aromatic rings. The molecule has 1 aliphatic rings. The Labute approximate surface area is 104 Å². The quantitative estimate of drug-likeness (QED) is 0.806. The summed E-state index contributed by atoms with van der Waals surface area (Å²) in [5, 5.41) is 3.20. The maximum absolute atomic E-state index is 11.8. The highest BCUT2D eigenvalue weighted by Gasteiger charge is 2.29. The molecule has 1 heterocycles. The lowest BCUT2D eigenvalue weighted by Crippen LogP contribution is -2.31. The summed E-state index contributed by atoms with van der Waals surface area (Å²) in [5.41, 5.74) is 0. The molecule has 100 valence electrons. The Bertz CT molecular complexity index is 362. The molecule has 1 fully saturated rings. The molecule has 0 spiro atoms.